The minimum absolute atomic E-state index is 0.0556. The van der Waals surface area contributed by atoms with Crippen molar-refractivity contribution in [3.8, 4) is 5.75 Å². The summed E-state index contributed by atoms with van der Waals surface area (Å²) in [6, 6.07) is 11.0. The Morgan fingerprint density at radius 2 is 1.76 bits per heavy atom. The van der Waals surface area contributed by atoms with E-state index in [1.54, 1.807) is 42.2 Å². The Bertz CT molecular complexity index is 1490. The Labute approximate surface area is 217 Å². The van der Waals surface area contributed by atoms with Crippen molar-refractivity contribution >= 4 is 42.2 Å². The molecule has 0 saturated carbocycles. The van der Waals surface area contributed by atoms with Gasteiger partial charge in [0.15, 0.2) is 9.84 Å². The van der Waals surface area contributed by atoms with E-state index in [1.165, 1.54) is 18.3 Å². The number of nitrogens with zero attached hydrogens (tertiary/aromatic N) is 2. The van der Waals surface area contributed by atoms with Gasteiger partial charge in [0, 0.05) is 24.7 Å². The Morgan fingerprint density at radius 3 is 2.41 bits per heavy atom. The van der Waals surface area contributed by atoms with Gasteiger partial charge in [0.2, 0.25) is 9.84 Å². The van der Waals surface area contributed by atoms with Crippen LogP contribution < -0.4 is 9.64 Å². The monoisotopic (exact) mass is 546 g/mol. The zero-order valence-electron chi connectivity index (χ0n) is 20.8. The summed E-state index contributed by atoms with van der Waals surface area (Å²) in [7, 11) is -7.27. The van der Waals surface area contributed by atoms with Crippen LogP contribution in [0.4, 0.5) is 5.69 Å². The molecule has 0 unspecified atom stereocenters. The van der Waals surface area contributed by atoms with Crippen LogP contribution in [-0.2, 0) is 24.4 Å². The van der Waals surface area contributed by atoms with Crippen molar-refractivity contribution < 1.29 is 31.1 Å². The van der Waals surface area contributed by atoms with Crippen LogP contribution in [0.25, 0.3) is 10.9 Å². The van der Waals surface area contributed by atoms with E-state index in [0.717, 1.165) is 12.8 Å². The summed E-state index contributed by atoms with van der Waals surface area (Å²) >= 11 is 0. The predicted octanol–water partition coefficient (Wildman–Crippen LogP) is 3.66. The van der Waals surface area contributed by atoms with Crippen molar-refractivity contribution in [3.05, 3.63) is 54.2 Å². The first kappa shape index (κ1) is 26.9. The quantitative estimate of drug-likeness (QED) is 0.292. The number of aromatic nitrogens is 1. The number of pyridine rings is 1. The summed E-state index contributed by atoms with van der Waals surface area (Å²) in [5.41, 5.74) is 1.06. The van der Waals surface area contributed by atoms with Crippen LogP contribution in [0.15, 0.2) is 58.5 Å². The van der Waals surface area contributed by atoms with E-state index >= 15 is 0 Å². The van der Waals surface area contributed by atoms with Gasteiger partial charge in [0.05, 0.1) is 46.4 Å². The highest BCUT2D eigenvalue weighted by Gasteiger charge is 2.30. The maximum absolute atomic E-state index is 13.8. The van der Waals surface area contributed by atoms with Crippen LogP contribution in [0.2, 0.25) is 0 Å². The Hall–Kier alpha value is -3.18. The molecule has 0 bridgehead atoms. The zero-order chi connectivity index (χ0) is 26.6. The molecule has 1 saturated heterocycles. The van der Waals surface area contributed by atoms with Gasteiger partial charge >= 0.3 is 5.97 Å². The number of carbonyl (C=O) groups is 1. The van der Waals surface area contributed by atoms with Gasteiger partial charge in [-0.05, 0) is 55.8 Å². The van der Waals surface area contributed by atoms with Crippen molar-refractivity contribution in [3.63, 3.8) is 0 Å². The van der Waals surface area contributed by atoms with Crippen LogP contribution in [0.5, 0.6) is 5.75 Å². The zero-order valence-corrected chi connectivity index (χ0v) is 22.5. The van der Waals surface area contributed by atoms with Gasteiger partial charge in [0.1, 0.15) is 10.6 Å². The SMILES string of the molecule is CCCCOc1ccc(S(=O)(=O)c2cnc3ccc(C(=O)OCC)cc3c2N2CCS(=O)(=O)CC2)cc1. The van der Waals surface area contributed by atoms with Gasteiger partial charge in [-0.3, -0.25) is 4.98 Å². The number of unbranched alkanes of at least 4 members (excludes halogenated alkanes) is 1. The van der Waals surface area contributed by atoms with Gasteiger partial charge in [0.25, 0.3) is 0 Å². The Morgan fingerprint density at radius 1 is 1.05 bits per heavy atom. The fourth-order valence-corrected chi connectivity index (χ4v) is 6.77. The summed E-state index contributed by atoms with van der Waals surface area (Å²) in [5.74, 6) is -0.164. The first-order valence-corrected chi connectivity index (χ1v) is 15.5. The molecule has 1 aliphatic heterocycles. The molecule has 2 aromatic carbocycles. The van der Waals surface area contributed by atoms with E-state index in [0.29, 0.717) is 28.9 Å². The summed E-state index contributed by atoms with van der Waals surface area (Å²) in [4.78, 5) is 18.5. The van der Waals surface area contributed by atoms with Crippen molar-refractivity contribution in [1.82, 2.24) is 4.98 Å². The number of rotatable bonds is 9. The van der Waals surface area contributed by atoms with Gasteiger partial charge in [-0.25, -0.2) is 21.6 Å². The molecular formula is C26H30N2O7S2. The fourth-order valence-electron chi connectivity index (χ4n) is 4.14. The molecule has 0 aliphatic carbocycles. The molecule has 4 rings (SSSR count). The average molecular weight is 547 g/mol. The highest BCUT2D eigenvalue weighted by atomic mass is 32.2. The number of anilines is 1. The highest BCUT2D eigenvalue weighted by Crippen LogP contribution is 2.37. The van der Waals surface area contributed by atoms with Gasteiger partial charge < -0.3 is 14.4 Å². The molecule has 1 fully saturated rings. The van der Waals surface area contributed by atoms with Gasteiger partial charge in [-0.15, -0.1) is 0 Å². The molecule has 0 atom stereocenters. The lowest BCUT2D eigenvalue weighted by Gasteiger charge is -2.31. The molecule has 1 aliphatic rings. The molecule has 198 valence electrons. The predicted molar refractivity (Wildman–Crippen MR) is 141 cm³/mol. The van der Waals surface area contributed by atoms with Crippen LogP contribution in [0.3, 0.4) is 0 Å². The van der Waals surface area contributed by atoms with E-state index < -0.39 is 25.6 Å². The maximum Gasteiger partial charge on any atom is 0.338 e. The molecule has 37 heavy (non-hydrogen) atoms. The van der Waals surface area contributed by atoms with Crippen LogP contribution in [0, 0.1) is 0 Å². The molecule has 0 N–H and O–H groups in total. The number of sulfone groups is 2. The maximum atomic E-state index is 13.8. The number of ether oxygens (including phenoxy) is 2. The molecule has 9 nitrogen and oxygen atoms in total. The van der Waals surface area contributed by atoms with Crippen LogP contribution in [0.1, 0.15) is 37.0 Å². The second-order valence-electron chi connectivity index (χ2n) is 8.74. The average Bonchev–Trinajstić information content (AvgIpc) is 2.88. The first-order chi connectivity index (χ1) is 17.7. The lowest BCUT2D eigenvalue weighted by Crippen LogP contribution is -2.41. The summed E-state index contributed by atoms with van der Waals surface area (Å²) in [6.07, 6.45) is 3.18. The molecule has 2 heterocycles. The summed E-state index contributed by atoms with van der Waals surface area (Å²) < 4.78 is 62.7. The fraction of sp³-hybridized carbons (Fsp3) is 0.385. The van der Waals surface area contributed by atoms with Crippen molar-refractivity contribution in [1.29, 1.82) is 0 Å². The number of carbonyl (C=O) groups excluding carboxylic acids is 1. The van der Waals surface area contributed by atoms with Gasteiger partial charge in [-0.1, -0.05) is 13.3 Å². The topological polar surface area (TPSA) is 120 Å². The van der Waals surface area contributed by atoms with E-state index in [9.17, 15) is 21.6 Å². The molecular weight excluding hydrogens is 516 g/mol. The summed E-state index contributed by atoms with van der Waals surface area (Å²) in [6.45, 7) is 4.74. The normalized spacial score (nSPS) is 15.5. The number of benzene rings is 2. The molecule has 0 amide bonds. The first-order valence-electron chi connectivity index (χ1n) is 12.2. The molecule has 3 aromatic rings. The second kappa shape index (κ2) is 11.1. The second-order valence-corrected chi connectivity index (χ2v) is 13.0. The largest absolute Gasteiger partial charge is 0.494 e. The molecule has 1 aromatic heterocycles. The van der Waals surface area contributed by atoms with Crippen molar-refractivity contribution in [2.75, 3.05) is 42.7 Å². The van der Waals surface area contributed by atoms with Crippen LogP contribution in [-0.4, -0.2) is 65.6 Å². The van der Waals surface area contributed by atoms with Crippen molar-refractivity contribution in [2.45, 2.75) is 36.5 Å². The standard InChI is InChI=1S/C26H30N2O7S2/c1-3-5-14-35-20-7-9-21(10-8-20)37(32,33)24-18-27-23-11-6-19(26(29)34-4-2)17-22(23)25(24)28-12-15-36(30,31)16-13-28/h6-11,17-18H,3-5,12-16H2,1-2H3. The molecule has 0 spiro atoms. The minimum Gasteiger partial charge on any atom is -0.494 e. The van der Waals surface area contributed by atoms with Gasteiger partial charge in [-0.2, -0.15) is 0 Å². The minimum atomic E-state index is -4.05. The summed E-state index contributed by atoms with van der Waals surface area (Å²) in [5, 5.41) is 0.436. The third-order valence-corrected chi connectivity index (χ3v) is 9.55. The Kier molecular flexibility index (Phi) is 8.03. The third kappa shape index (κ3) is 5.88. The smallest absolute Gasteiger partial charge is 0.338 e. The Balaban J connectivity index is 1.83. The number of fused-ring (bicyclic) bond motifs is 1. The van der Waals surface area contributed by atoms with E-state index in [2.05, 4.69) is 11.9 Å². The lowest BCUT2D eigenvalue weighted by atomic mass is 10.1. The van der Waals surface area contributed by atoms with Crippen molar-refractivity contribution in [2.24, 2.45) is 0 Å². The lowest BCUT2D eigenvalue weighted by molar-refractivity contribution is 0.0526. The van der Waals surface area contributed by atoms with Crippen LogP contribution >= 0.6 is 0 Å². The van der Waals surface area contributed by atoms with E-state index in [1.807, 2.05) is 0 Å². The third-order valence-electron chi connectivity index (χ3n) is 6.17. The highest BCUT2D eigenvalue weighted by molar-refractivity contribution is 7.92. The van der Waals surface area contributed by atoms with E-state index in [-0.39, 0.29) is 46.6 Å². The molecule has 11 heteroatoms. The molecule has 0 radical (unpaired) electrons. The number of hydrogen-bond donors (Lipinski definition) is 0. The number of esters is 1. The number of hydrogen-bond acceptors (Lipinski definition) is 9. The van der Waals surface area contributed by atoms with E-state index in [4.69, 9.17) is 9.47 Å².